The Morgan fingerprint density at radius 1 is 1.14 bits per heavy atom. The predicted octanol–water partition coefficient (Wildman–Crippen LogP) is 2.01. The van der Waals surface area contributed by atoms with Gasteiger partial charge in [-0.2, -0.15) is 10.4 Å². The number of aryl methyl sites for hydroxylation is 1. The first-order chi connectivity index (χ1) is 13.9. The molecule has 0 aliphatic carbocycles. The van der Waals surface area contributed by atoms with Crippen LogP contribution in [0, 0.1) is 31.0 Å². The number of pyridine rings is 1. The topological polar surface area (TPSA) is 98.5 Å². The fourth-order valence-electron chi connectivity index (χ4n) is 3.30. The van der Waals surface area contributed by atoms with Crippen LogP contribution >= 0.6 is 0 Å². The van der Waals surface area contributed by atoms with Crippen LogP contribution in [0.1, 0.15) is 11.3 Å². The van der Waals surface area contributed by atoms with Crippen molar-refractivity contribution in [3.05, 3.63) is 80.8 Å². The maximum Gasteiger partial charge on any atom is 0.336 e. The molecule has 0 radical (unpaired) electrons. The average Bonchev–Trinajstić information content (AvgIpc) is 3.08. The molecule has 1 aromatic carbocycles. The van der Waals surface area contributed by atoms with Crippen molar-refractivity contribution in [3.63, 3.8) is 0 Å². The smallest absolute Gasteiger partial charge is 0.282 e. The maximum absolute atomic E-state index is 13.8. The molecule has 144 valence electrons. The summed E-state index contributed by atoms with van der Waals surface area (Å²) in [6, 6.07) is 7.70. The van der Waals surface area contributed by atoms with E-state index in [4.69, 9.17) is 0 Å². The molecule has 3 aromatic heterocycles. The molecule has 0 N–H and O–H groups in total. The Balaban J connectivity index is 2.14. The van der Waals surface area contributed by atoms with E-state index < -0.39 is 17.1 Å². The minimum atomic E-state index is -0.659. The second kappa shape index (κ2) is 6.83. The van der Waals surface area contributed by atoms with Gasteiger partial charge in [-0.3, -0.25) is 14.3 Å². The van der Waals surface area contributed by atoms with Crippen LogP contribution in [-0.4, -0.2) is 23.9 Å². The highest BCUT2D eigenvalue weighted by Crippen LogP contribution is 2.19. The van der Waals surface area contributed by atoms with E-state index in [9.17, 15) is 19.2 Å². The Bertz CT molecular complexity index is 1420. The number of nitrogens with zero attached hydrogens (tertiary/aromatic N) is 6. The third kappa shape index (κ3) is 2.91. The van der Waals surface area contributed by atoms with Crippen LogP contribution < -0.4 is 11.2 Å². The van der Waals surface area contributed by atoms with Gasteiger partial charge in [-0.05, 0) is 37.6 Å². The number of hydrogen-bond acceptors (Lipinski definition) is 5. The van der Waals surface area contributed by atoms with Crippen LogP contribution in [0.3, 0.4) is 0 Å². The molecule has 0 spiro atoms. The van der Waals surface area contributed by atoms with Crippen molar-refractivity contribution in [3.8, 4) is 17.4 Å². The lowest BCUT2D eigenvalue weighted by Gasteiger charge is -2.16. The van der Waals surface area contributed by atoms with Crippen molar-refractivity contribution in [2.45, 2.75) is 20.4 Å². The normalized spacial score (nSPS) is 11.0. The molecule has 0 bridgehead atoms. The quantitative estimate of drug-likeness (QED) is 0.533. The van der Waals surface area contributed by atoms with Crippen molar-refractivity contribution in [1.82, 2.24) is 23.9 Å². The van der Waals surface area contributed by atoms with Crippen LogP contribution in [0.15, 0.2) is 52.4 Å². The van der Waals surface area contributed by atoms with E-state index in [-0.39, 0.29) is 23.6 Å². The third-order valence-corrected chi connectivity index (χ3v) is 4.67. The van der Waals surface area contributed by atoms with E-state index >= 15 is 0 Å². The SMILES string of the molecule is Cc1cncc(-n2c(=O)c(-n3ncc4ccc(F)cc43)c(C)n(CC#N)c2=O)c1. The summed E-state index contributed by atoms with van der Waals surface area (Å²) in [6.07, 6.45) is 4.50. The third-order valence-electron chi connectivity index (χ3n) is 4.67. The number of aromatic nitrogens is 5. The fraction of sp³-hybridized carbons (Fsp3) is 0.150. The molecule has 0 saturated carbocycles. The summed E-state index contributed by atoms with van der Waals surface area (Å²) in [6.45, 7) is 3.08. The summed E-state index contributed by atoms with van der Waals surface area (Å²) < 4.78 is 17.3. The highest BCUT2D eigenvalue weighted by Gasteiger charge is 2.21. The standard InChI is InChI=1S/C20H15FN6O2/c1-12-7-16(11-23-9-12)26-19(28)18(13(2)25(6-5-22)20(26)29)27-17-8-15(21)4-3-14(17)10-24-27/h3-4,7-11H,6H2,1-2H3. The number of fused-ring (bicyclic) bond motifs is 1. The number of nitriles is 1. The van der Waals surface area contributed by atoms with E-state index in [1.807, 2.05) is 6.07 Å². The van der Waals surface area contributed by atoms with Crippen molar-refractivity contribution in [1.29, 1.82) is 5.26 Å². The fourth-order valence-corrected chi connectivity index (χ4v) is 3.30. The molecule has 0 saturated heterocycles. The number of benzene rings is 1. The molecule has 0 atom stereocenters. The minimum Gasteiger partial charge on any atom is -0.282 e. The highest BCUT2D eigenvalue weighted by atomic mass is 19.1. The first-order valence-electron chi connectivity index (χ1n) is 8.71. The van der Waals surface area contributed by atoms with Gasteiger partial charge in [0.25, 0.3) is 5.56 Å². The number of halogens is 1. The van der Waals surface area contributed by atoms with Crippen molar-refractivity contribution in [2.75, 3.05) is 0 Å². The van der Waals surface area contributed by atoms with Crippen molar-refractivity contribution < 1.29 is 4.39 Å². The zero-order valence-corrected chi connectivity index (χ0v) is 15.6. The van der Waals surface area contributed by atoms with Crippen molar-refractivity contribution >= 4 is 10.9 Å². The van der Waals surface area contributed by atoms with Crippen LogP contribution in [0.25, 0.3) is 22.3 Å². The van der Waals surface area contributed by atoms with Crippen LogP contribution in [-0.2, 0) is 6.54 Å². The first kappa shape index (κ1) is 18.3. The van der Waals surface area contributed by atoms with E-state index in [2.05, 4.69) is 10.1 Å². The minimum absolute atomic E-state index is 0.0574. The van der Waals surface area contributed by atoms with E-state index in [1.165, 1.54) is 33.8 Å². The monoisotopic (exact) mass is 390 g/mol. The zero-order valence-electron chi connectivity index (χ0n) is 15.6. The molecule has 0 aliphatic rings. The number of rotatable bonds is 3. The van der Waals surface area contributed by atoms with Gasteiger partial charge < -0.3 is 0 Å². The molecule has 4 aromatic rings. The summed E-state index contributed by atoms with van der Waals surface area (Å²) in [5.74, 6) is -0.481. The summed E-state index contributed by atoms with van der Waals surface area (Å²) in [4.78, 5) is 30.4. The van der Waals surface area contributed by atoms with E-state index in [0.717, 1.165) is 10.1 Å². The highest BCUT2D eigenvalue weighted by molar-refractivity contribution is 5.80. The van der Waals surface area contributed by atoms with Gasteiger partial charge in [0.05, 0.1) is 35.4 Å². The molecule has 29 heavy (non-hydrogen) atoms. The summed E-state index contributed by atoms with van der Waals surface area (Å²) in [5.41, 5.74) is 0.428. The molecule has 0 amide bonds. The molecular formula is C20H15FN6O2. The molecule has 9 heteroatoms. The van der Waals surface area contributed by atoms with E-state index in [0.29, 0.717) is 10.9 Å². The summed E-state index contributed by atoms with van der Waals surface area (Å²) >= 11 is 0. The Kier molecular flexibility index (Phi) is 4.31. The summed E-state index contributed by atoms with van der Waals surface area (Å²) in [5, 5.41) is 14.1. The lowest BCUT2D eigenvalue weighted by Crippen LogP contribution is -2.42. The maximum atomic E-state index is 13.8. The van der Waals surface area contributed by atoms with Gasteiger partial charge in [-0.1, -0.05) is 0 Å². The molecule has 0 unspecified atom stereocenters. The average molecular weight is 390 g/mol. The Morgan fingerprint density at radius 2 is 1.93 bits per heavy atom. The van der Waals surface area contributed by atoms with Gasteiger partial charge in [0.15, 0.2) is 5.69 Å². The van der Waals surface area contributed by atoms with Gasteiger partial charge in [0.1, 0.15) is 12.4 Å². The van der Waals surface area contributed by atoms with Gasteiger partial charge in [-0.25, -0.2) is 18.4 Å². The Hall–Kier alpha value is -4.06. The lowest BCUT2D eigenvalue weighted by molar-refractivity contribution is 0.628. The molecule has 3 heterocycles. The molecular weight excluding hydrogens is 375 g/mol. The molecule has 0 fully saturated rings. The molecule has 8 nitrogen and oxygen atoms in total. The summed E-state index contributed by atoms with van der Waals surface area (Å²) in [7, 11) is 0. The largest absolute Gasteiger partial charge is 0.336 e. The van der Waals surface area contributed by atoms with Gasteiger partial charge in [0, 0.05) is 17.6 Å². The second-order valence-electron chi connectivity index (χ2n) is 6.58. The Labute approximate surface area is 163 Å². The van der Waals surface area contributed by atoms with Gasteiger partial charge in [-0.15, -0.1) is 0 Å². The first-order valence-corrected chi connectivity index (χ1v) is 8.71. The van der Waals surface area contributed by atoms with Gasteiger partial charge >= 0.3 is 5.69 Å². The van der Waals surface area contributed by atoms with Crippen LogP contribution in [0.4, 0.5) is 4.39 Å². The lowest BCUT2D eigenvalue weighted by atomic mass is 10.2. The van der Waals surface area contributed by atoms with E-state index in [1.54, 1.807) is 32.2 Å². The molecule has 4 rings (SSSR count). The second-order valence-corrected chi connectivity index (χ2v) is 6.58. The zero-order chi connectivity index (χ0) is 20.7. The predicted molar refractivity (Wildman–Crippen MR) is 104 cm³/mol. The van der Waals surface area contributed by atoms with Gasteiger partial charge in [0.2, 0.25) is 0 Å². The van der Waals surface area contributed by atoms with Crippen LogP contribution in [0.2, 0.25) is 0 Å². The number of hydrogen-bond donors (Lipinski definition) is 0. The van der Waals surface area contributed by atoms with Crippen LogP contribution in [0.5, 0.6) is 0 Å². The Morgan fingerprint density at radius 3 is 2.66 bits per heavy atom. The van der Waals surface area contributed by atoms with Crippen molar-refractivity contribution in [2.24, 2.45) is 0 Å². The molecule has 0 aliphatic heterocycles.